The second-order valence-electron chi connectivity index (χ2n) is 3.59. The second-order valence-corrected chi connectivity index (χ2v) is 3.59. The quantitative estimate of drug-likeness (QED) is 0.580. The monoisotopic (exact) mass is 174 g/mol. The molecule has 0 aliphatic carbocycles. The van der Waals surface area contributed by atoms with Gasteiger partial charge in [0, 0.05) is 0 Å². The molecule has 2 nitrogen and oxygen atoms in total. The Labute approximate surface area is 75.6 Å². The van der Waals surface area contributed by atoms with Crippen molar-refractivity contribution in [1.29, 1.82) is 0 Å². The molecule has 0 bridgehead atoms. The number of hydrogen-bond acceptors (Lipinski definition) is 2. The first kappa shape index (κ1) is 11.9. The highest BCUT2D eigenvalue weighted by atomic mass is 16.3. The van der Waals surface area contributed by atoms with Crippen LogP contribution in [0.3, 0.4) is 0 Å². The third-order valence-electron chi connectivity index (χ3n) is 2.26. The highest BCUT2D eigenvalue weighted by Crippen LogP contribution is 2.19. The summed E-state index contributed by atoms with van der Waals surface area (Å²) in [4.78, 5) is 0. The van der Waals surface area contributed by atoms with Gasteiger partial charge in [-0.3, -0.25) is 0 Å². The lowest BCUT2D eigenvalue weighted by Crippen LogP contribution is -2.32. The zero-order valence-electron chi connectivity index (χ0n) is 8.34. The van der Waals surface area contributed by atoms with Gasteiger partial charge in [0.05, 0.1) is 12.2 Å². The summed E-state index contributed by atoms with van der Waals surface area (Å²) in [6, 6.07) is 0. The molecule has 0 rings (SSSR count). The van der Waals surface area contributed by atoms with Gasteiger partial charge in [0.25, 0.3) is 0 Å². The second kappa shape index (κ2) is 6.44. The minimum atomic E-state index is -0.802. The molecular weight excluding hydrogens is 152 g/mol. The summed E-state index contributed by atoms with van der Waals surface area (Å²) in [5.74, 6) is 0. The summed E-state index contributed by atoms with van der Waals surface area (Å²) >= 11 is 0. The molecule has 74 valence electrons. The van der Waals surface area contributed by atoms with Gasteiger partial charge in [0.1, 0.15) is 0 Å². The number of rotatable bonds is 7. The summed E-state index contributed by atoms with van der Waals surface area (Å²) in [5.41, 5.74) is -0.802. The molecule has 0 fully saturated rings. The highest BCUT2D eigenvalue weighted by Gasteiger charge is 2.23. The van der Waals surface area contributed by atoms with Crippen molar-refractivity contribution >= 4 is 0 Å². The summed E-state index contributed by atoms with van der Waals surface area (Å²) in [6.07, 6.45) is 5.72. The Bertz CT molecular complexity index is 104. The van der Waals surface area contributed by atoms with Crippen LogP contribution in [0.25, 0.3) is 0 Å². The van der Waals surface area contributed by atoms with E-state index in [-0.39, 0.29) is 6.61 Å². The minimum Gasteiger partial charge on any atom is -0.393 e. The third kappa shape index (κ3) is 4.73. The van der Waals surface area contributed by atoms with Crippen molar-refractivity contribution in [3.63, 3.8) is 0 Å². The van der Waals surface area contributed by atoms with Gasteiger partial charge < -0.3 is 10.2 Å². The fourth-order valence-electron chi connectivity index (χ4n) is 1.45. The van der Waals surface area contributed by atoms with Gasteiger partial charge in [-0.05, 0) is 12.8 Å². The molecule has 0 aromatic carbocycles. The van der Waals surface area contributed by atoms with Crippen molar-refractivity contribution < 1.29 is 10.2 Å². The van der Waals surface area contributed by atoms with Crippen LogP contribution in [0.2, 0.25) is 0 Å². The largest absolute Gasteiger partial charge is 0.393 e. The van der Waals surface area contributed by atoms with Crippen LogP contribution < -0.4 is 0 Å². The van der Waals surface area contributed by atoms with Crippen LogP contribution in [0.15, 0.2) is 0 Å². The van der Waals surface area contributed by atoms with Gasteiger partial charge in [-0.25, -0.2) is 0 Å². The van der Waals surface area contributed by atoms with Crippen LogP contribution in [0.4, 0.5) is 0 Å². The fraction of sp³-hybridized carbons (Fsp3) is 1.00. The molecule has 0 radical (unpaired) electrons. The molecule has 0 saturated heterocycles. The van der Waals surface area contributed by atoms with E-state index in [1.54, 1.807) is 0 Å². The van der Waals surface area contributed by atoms with E-state index in [2.05, 4.69) is 6.92 Å². The summed E-state index contributed by atoms with van der Waals surface area (Å²) in [7, 11) is 0. The van der Waals surface area contributed by atoms with E-state index in [1.807, 2.05) is 6.92 Å². The fourth-order valence-corrected chi connectivity index (χ4v) is 1.45. The molecule has 12 heavy (non-hydrogen) atoms. The maximum atomic E-state index is 9.80. The van der Waals surface area contributed by atoms with Gasteiger partial charge in [0.15, 0.2) is 0 Å². The normalized spacial score (nSPS) is 16.0. The predicted molar refractivity (Wildman–Crippen MR) is 51.1 cm³/mol. The Kier molecular flexibility index (Phi) is 6.39. The molecule has 0 saturated carbocycles. The minimum absolute atomic E-state index is 0.0927. The van der Waals surface area contributed by atoms with Crippen molar-refractivity contribution in [1.82, 2.24) is 0 Å². The zero-order valence-corrected chi connectivity index (χ0v) is 8.34. The summed E-state index contributed by atoms with van der Waals surface area (Å²) in [5, 5.41) is 18.8. The topological polar surface area (TPSA) is 40.5 Å². The van der Waals surface area contributed by atoms with E-state index < -0.39 is 5.60 Å². The molecule has 1 unspecified atom stereocenters. The smallest absolute Gasteiger partial charge is 0.0877 e. The molecular formula is C10H22O2. The zero-order chi connectivity index (χ0) is 9.45. The first-order valence-electron chi connectivity index (χ1n) is 5.01. The molecule has 0 aliphatic heterocycles. The van der Waals surface area contributed by atoms with Crippen LogP contribution in [-0.4, -0.2) is 22.4 Å². The maximum Gasteiger partial charge on any atom is 0.0877 e. The van der Waals surface area contributed by atoms with Crippen molar-refractivity contribution in [3.8, 4) is 0 Å². The van der Waals surface area contributed by atoms with E-state index in [0.29, 0.717) is 6.42 Å². The van der Waals surface area contributed by atoms with Crippen molar-refractivity contribution in [2.24, 2.45) is 0 Å². The van der Waals surface area contributed by atoms with Crippen LogP contribution in [0.5, 0.6) is 0 Å². The Morgan fingerprint density at radius 2 is 1.67 bits per heavy atom. The molecule has 0 aromatic rings. The molecule has 2 heteroatoms. The van der Waals surface area contributed by atoms with Crippen molar-refractivity contribution in [3.05, 3.63) is 0 Å². The van der Waals surface area contributed by atoms with Gasteiger partial charge >= 0.3 is 0 Å². The lowest BCUT2D eigenvalue weighted by atomic mass is 9.92. The molecule has 2 N–H and O–H groups in total. The number of hydrogen-bond donors (Lipinski definition) is 2. The third-order valence-corrected chi connectivity index (χ3v) is 2.26. The molecule has 0 heterocycles. The van der Waals surface area contributed by atoms with Gasteiger partial charge in [-0.15, -0.1) is 0 Å². The summed E-state index contributed by atoms with van der Waals surface area (Å²) in [6.45, 7) is 4.07. The lowest BCUT2D eigenvalue weighted by molar-refractivity contribution is -0.0301. The van der Waals surface area contributed by atoms with Crippen LogP contribution in [0, 0.1) is 0 Å². The molecule has 0 aromatic heterocycles. The van der Waals surface area contributed by atoms with Gasteiger partial charge in [-0.1, -0.05) is 39.5 Å². The van der Waals surface area contributed by atoms with Gasteiger partial charge in [-0.2, -0.15) is 0 Å². The summed E-state index contributed by atoms with van der Waals surface area (Å²) < 4.78 is 0. The first-order chi connectivity index (χ1) is 5.68. The van der Waals surface area contributed by atoms with E-state index in [1.165, 1.54) is 0 Å². The molecule has 0 amide bonds. The maximum absolute atomic E-state index is 9.80. The number of aliphatic hydroxyl groups excluding tert-OH is 1. The van der Waals surface area contributed by atoms with Crippen molar-refractivity contribution in [2.45, 2.75) is 58.0 Å². The number of aliphatic hydroxyl groups is 2. The van der Waals surface area contributed by atoms with Gasteiger partial charge in [0.2, 0.25) is 0 Å². The van der Waals surface area contributed by atoms with Crippen LogP contribution >= 0.6 is 0 Å². The average molecular weight is 174 g/mol. The Morgan fingerprint density at radius 3 is 2.08 bits per heavy atom. The first-order valence-corrected chi connectivity index (χ1v) is 5.01. The standard InChI is InChI=1S/C10H22O2/c1-3-5-6-8-10(12,9-11)7-4-2/h11-12H,3-9H2,1-2H3. The van der Waals surface area contributed by atoms with E-state index in [0.717, 1.165) is 32.1 Å². The Balaban J connectivity index is 3.63. The van der Waals surface area contributed by atoms with Crippen molar-refractivity contribution in [2.75, 3.05) is 6.61 Å². The van der Waals surface area contributed by atoms with Crippen LogP contribution in [0.1, 0.15) is 52.4 Å². The van der Waals surface area contributed by atoms with Crippen LogP contribution in [-0.2, 0) is 0 Å². The Hall–Kier alpha value is -0.0800. The molecule has 0 spiro atoms. The molecule has 1 atom stereocenters. The average Bonchev–Trinajstić information content (AvgIpc) is 2.06. The predicted octanol–water partition coefficient (Wildman–Crippen LogP) is 2.09. The van der Waals surface area contributed by atoms with E-state index in [9.17, 15) is 5.11 Å². The van der Waals surface area contributed by atoms with E-state index >= 15 is 0 Å². The lowest BCUT2D eigenvalue weighted by Gasteiger charge is -2.25. The number of unbranched alkanes of at least 4 members (excludes halogenated alkanes) is 2. The Morgan fingerprint density at radius 1 is 1.00 bits per heavy atom. The van der Waals surface area contributed by atoms with E-state index in [4.69, 9.17) is 5.11 Å². The SMILES string of the molecule is CCCCCC(O)(CO)CCC. The molecule has 0 aliphatic rings. The highest BCUT2D eigenvalue weighted by molar-refractivity contribution is 4.76.